The minimum absolute atomic E-state index is 0.0495. The molecular formula is C20H32N4O3. The average molecular weight is 377 g/mol. The number of imidazole rings is 1. The van der Waals surface area contributed by atoms with Crippen molar-refractivity contribution in [1.82, 2.24) is 14.9 Å². The van der Waals surface area contributed by atoms with Crippen LogP contribution in [0.15, 0.2) is 30.1 Å². The third-order valence-electron chi connectivity index (χ3n) is 4.35. The molecule has 1 aliphatic heterocycles. The number of hydrogen-bond acceptors (Lipinski definition) is 4. The van der Waals surface area contributed by atoms with E-state index < -0.39 is 18.0 Å². The zero-order valence-corrected chi connectivity index (χ0v) is 17.2. The third-order valence-corrected chi connectivity index (χ3v) is 4.35. The molecule has 1 aromatic heterocycles. The Morgan fingerprint density at radius 2 is 2.07 bits per heavy atom. The molecule has 2 rings (SSSR count). The van der Waals surface area contributed by atoms with Gasteiger partial charge in [0, 0.05) is 12.1 Å². The molecule has 150 valence electrons. The number of carbonyl (C=O) groups excluding carboxylic acids is 2. The summed E-state index contributed by atoms with van der Waals surface area (Å²) in [5, 5.41) is 0. The van der Waals surface area contributed by atoms with Crippen LogP contribution in [0.2, 0.25) is 0 Å². The van der Waals surface area contributed by atoms with E-state index in [2.05, 4.69) is 9.97 Å². The van der Waals surface area contributed by atoms with Crippen molar-refractivity contribution in [2.75, 3.05) is 6.61 Å². The predicted octanol–water partition coefficient (Wildman–Crippen LogP) is 3.50. The van der Waals surface area contributed by atoms with Crippen LogP contribution in [0, 0.1) is 5.92 Å². The summed E-state index contributed by atoms with van der Waals surface area (Å²) >= 11 is 0. The van der Waals surface area contributed by atoms with Crippen LogP contribution in [0.5, 0.6) is 0 Å². The highest BCUT2D eigenvalue weighted by Crippen LogP contribution is 2.36. The summed E-state index contributed by atoms with van der Waals surface area (Å²) < 4.78 is 5.46. The lowest BCUT2D eigenvalue weighted by atomic mass is 9.89. The number of H-pyrrole nitrogens is 1. The Kier molecular flexibility index (Phi) is 8.78. The minimum atomic E-state index is -0.761. The molecule has 0 saturated heterocycles. The molecule has 1 aromatic rings. The molecule has 1 aliphatic rings. The molecule has 2 heterocycles. The second-order valence-corrected chi connectivity index (χ2v) is 6.40. The summed E-state index contributed by atoms with van der Waals surface area (Å²) in [5.74, 6) is -0.504. The Labute approximate surface area is 161 Å². The summed E-state index contributed by atoms with van der Waals surface area (Å²) in [6.07, 6.45) is 6.97. The summed E-state index contributed by atoms with van der Waals surface area (Å²) in [6, 6.07) is -1.13. The Hall–Kier alpha value is -2.57. The van der Waals surface area contributed by atoms with Crippen molar-refractivity contribution in [3.8, 4) is 0 Å². The SMILES string of the molecule is C/C=C\C(=C/C)COC(=O)N1C(C(N)=O)Cc2[nH]cnc2C1C(C)C.CC. The van der Waals surface area contributed by atoms with Crippen molar-refractivity contribution in [3.63, 3.8) is 0 Å². The molecule has 0 saturated carbocycles. The first-order chi connectivity index (χ1) is 12.9. The van der Waals surface area contributed by atoms with E-state index in [0.29, 0.717) is 6.42 Å². The lowest BCUT2D eigenvalue weighted by molar-refractivity contribution is -0.124. The Morgan fingerprint density at radius 3 is 2.59 bits per heavy atom. The van der Waals surface area contributed by atoms with Gasteiger partial charge in [0.05, 0.1) is 18.1 Å². The first-order valence-corrected chi connectivity index (χ1v) is 9.45. The second-order valence-electron chi connectivity index (χ2n) is 6.40. The van der Waals surface area contributed by atoms with Crippen LogP contribution in [0.25, 0.3) is 0 Å². The van der Waals surface area contributed by atoms with Crippen LogP contribution < -0.4 is 5.73 Å². The first-order valence-electron chi connectivity index (χ1n) is 9.45. The van der Waals surface area contributed by atoms with Gasteiger partial charge < -0.3 is 15.5 Å². The molecular weight excluding hydrogens is 344 g/mol. The summed E-state index contributed by atoms with van der Waals surface area (Å²) in [5.41, 5.74) is 8.06. The maximum absolute atomic E-state index is 12.8. The number of allylic oxidation sites excluding steroid dienone is 2. The van der Waals surface area contributed by atoms with Crippen LogP contribution in [-0.2, 0) is 16.0 Å². The highest BCUT2D eigenvalue weighted by Gasteiger charge is 2.43. The molecule has 7 heteroatoms. The lowest BCUT2D eigenvalue weighted by Crippen LogP contribution is -2.54. The highest BCUT2D eigenvalue weighted by atomic mass is 16.6. The molecule has 2 unspecified atom stereocenters. The fourth-order valence-corrected chi connectivity index (χ4v) is 3.14. The fourth-order valence-electron chi connectivity index (χ4n) is 3.14. The standard InChI is InChI=1S/C18H26N4O3.C2H6/c1-5-7-12(6-2)9-25-18(24)22-14(17(19)23)8-13-15(21-10-20-13)16(22)11(3)4;1-2/h5-7,10-11,14,16H,8-9H2,1-4H3,(H2,19,23)(H,20,21);1-2H3/b7-5-,12-6+;. The topological polar surface area (TPSA) is 101 Å². The summed E-state index contributed by atoms with van der Waals surface area (Å²) in [7, 11) is 0. The monoisotopic (exact) mass is 376 g/mol. The van der Waals surface area contributed by atoms with Gasteiger partial charge in [-0.05, 0) is 25.3 Å². The van der Waals surface area contributed by atoms with Gasteiger partial charge in [-0.2, -0.15) is 0 Å². The predicted molar refractivity (Wildman–Crippen MR) is 106 cm³/mol. The molecule has 0 radical (unpaired) electrons. The second kappa shape index (κ2) is 10.5. The van der Waals surface area contributed by atoms with E-state index in [0.717, 1.165) is 17.0 Å². The lowest BCUT2D eigenvalue weighted by Gasteiger charge is -2.40. The number of nitrogens with one attached hydrogen (secondary N) is 1. The molecule has 0 aliphatic carbocycles. The number of amides is 2. The Bertz CT molecular complexity index is 691. The summed E-state index contributed by atoms with van der Waals surface area (Å²) in [6.45, 7) is 11.9. The number of carbonyl (C=O) groups is 2. The molecule has 0 spiro atoms. The van der Waals surface area contributed by atoms with Crippen molar-refractivity contribution in [1.29, 1.82) is 0 Å². The molecule has 0 fully saturated rings. The zero-order valence-electron chi connectivity index (χ0n) is 17.2. The number of hydrogen-bond donors (Lipinski definition) is 2. The van der Waals surface area contributed by atoms with E-state index in [4.69, 9.17) is 10.5 Å². The van der Waals surface area contributed by atoms with Gasteiger partial charge in [0.1, 0.15) is 12.6 Å². The number of ether oxygens (including phenoxy) is 1. The fraction of sp³-hybridized carbons (Fsp3) is 0.550. The Balaban J connectivity index is 0.00000176. The van der Waals surface area contributed by atoms with E-state index in [-0.39, 0.29) is 18.6 Å². The van der Waals surface area contributed by atoms with Crippen LogP contribution in [-0.4, -0.2) is 39.5 Å². The molecule has 0 aromatic carbocycles. The number of aromatic nitrogens is 2. The van der Waals surface area contributed by atoms with Gasteiger partial charge in [0.15, 0.2) is 0 Å². The Morgan fingerprint density at radius 1 is 1.41 bits per heavy atom. The van der Waals surface area contributed by atoms with E-state index in [1.165, 1.54) is 4.90 Å². The van der Waals surface area contributed by atoms with E-state index >= 15 is 0 Å². The van der Waals surface area contributed by atoms with Gasteiger partial charge in [-0.1, -0.05) is 45.9 Å². The highest BCUT2D eigenvalue weighted by molar-refractivity contribution is 5.85. The van der Waals surface area contributed by atoms with Crippen LogP contribution in [0.3, 0.4) is 0 Å². The number of primary amides is 1. The largest absolute Gasteiger partial charge is 0.445 e. The minimum Gasteiger partial charge on any atom is -0.445 e. The van der Waals surface area contributed by atoms with Crippen LogP contribution in [0.1, 0.15) is 59.0 Å². The van der Waals surface area contributed by atoms with Crippen molar-refractivity contribution in [2.45, 2.75) is 60.0 Å². The smallest absolute Gasteiger partial charge is 0.411 e. The maximum Gasteiger partial charge on any atom is 0.411 e. The normalized spacial score (nSPS) is 19.5. The number of nitrogens with two attached hydrogens (primary N) is 1. The average Bonchev–Trinajstić information content (AvgIpc) is 3.12. The zero-order chi connectivity index (χ0) is 20.6. The van der Waals surface area contributed by atoms with Gasteiger partial charge in [-0.15, -0.1) is 0 Å². The molecule has 3 N–H and O–H groups in total. The number of aromatic amines is 1. The van der Waals surface area contributed by atoms with Gasteiger partial charge in [0.2, 0.25) is 5.91 Å². The van der Waals surface area contributed by atoms with E-state index in [1.54, 1.807) is 6.33 Å². The van der Waals surface area contributed by atoms with Gasteiger partial charge in [-0.3, -0.25) is 9.69 Å². The number of nitrogens with zero attached hydrogens (tertiary/aromatic N) is 2. The molecule has 0 bridgehead atoms. The van der Waals surface area contributed by atoms with Crippen LogP contribution in [0.4, 0.5) is 4.79 Å². The molecule has 7 nitrogen and oxygen atoms in total. The van der Waals surface area contributed by atoms with E-state index in [9.17, 15) is 9.59 Å². The van der Waals surface area contributed by atoms with Crippen molar-refractivity contribution < 1.29 is 14.3 Å². The molecule has 2 amide bonds. The van der Waals surface area contributed by atoms with Crippen molar-refractivity contribution >= 4 is 12.0 Å². The number of fused-ring (bicyclic) bond motifs is 1. The summed E-state index contributed by atoms with van der Waals surface area (Å²) in [4.78, 5) is 33.6. The van der Waals surface area contributed by atoms with Crippen molar-refractivity contribution in [2.24, 2.45) is 11.7 Å². The first kappa shape index (κ1) is 22.5. The maximum atomic E-state index is 12.8. The van der Waals surface area contributed by atoms with Gasteiger partial charge in [0.25, 0.3) is 0 Å². The van der Waals surface area contributed by atoms with Gasteiger partial charge >= 0.3 is 6.09 Å². The van der Waals surface area contributed by atoms with Crippen molar-refractivity contribution in [3.05, 3.63) is 41.5 Å². The third kappa shape index (κ3) is 5.21. The van der Waals surface area contributed by atoms with Gasteiger partial charge in [-0.25, -0.2) is 9.78 Å². The number of rotatable bonds is 5. The molecule has 2 atom stereocenters. The molecule has 27 heavy (non-hydrogen) atoms. The van der Waals surface area contributed by atoms with Crippen LogP contribution >= 0.6 is 0 Å². The quantitative estimate of drug-likeness (QED) is 0.768. The van der Waals surface area contributed by atoms with E-state index in [1.807, 2.05) is 59.8 Å².